The molecule has 0 unspecified atom stereocenters. The van der Waals surface area contributed by atoms with Crippen LogP contribution in [0.5, 0.6) is 11.5 Å². The second-order valence-electron chi connectivity index (χ2n) is 5.76. The molecule has 0 aliphatic carbocycles. The first-order valence-electron chi connectivity index (χ1n) is 8.15. The first-order chi connectivity index (χ1) is 12.4. The van der Waals surface area contributed by atoms with Crippen LogP contribution in [0.15, 0.2) is 42.5 Å². The molecular weight excluding hydrogens is 334 g/mol. The van der Waals surface area contributed by atoms with Gasteiger partial charge in [0.15, 0.2) is 5.78 Å². The maximum Gasteiger partial charge on any atom is 0.308 e. The molecule has 0 heterocycles. The van der Waals surface area contributed by atoms with Crippen LogP contribution in [-0.4, -0.2) is 24.8 Å². The maximum absolute atomic E-state index is 12.6. The predicted molar refractivity (Wildman–Crippen MR) is 97.7 cm³/mol. The van der Waals surface area contributed by atoms with E-state index in [4.69, 9.17) is 9.47 Å². The molecule has 0 aliphatic rings. The number of anilines is 1. The number of benzene rings is 2. The molecule has 2 aromatic rings. The van der Waals surface area contributed by atoms with Gasteiger partial charge in [0.1, 0.15) is 11.5 Å². The number of ketones is 1. The van der Waals surface area contributed by atoms with Crippen molar-refractivity contribution in [2.45, 2.75) is 26.7 Å². The van der Waals surface area contributed by atoms with Gasteiger partial charge in [0.25, 0.3) is 0 Å². The van der Waals surface area contributed by atoms with Gasteiger partial charge in [-0.1, -0.05) is 12.1 Å². The molecular formula is C20H21NO5. The highest BCUT2D eigenvalue weighted by atomic mass is 16.5. The second-order valence-corrected chi connectivity index (χ2v) is 5.76. The SMILES string of the molecule is COc1ccc(OC(C)=O)c(C(=O)CCc2cccc(NC(C)=O)c2)c1. The Morgan fingerprint density at radius 3 is 2.46 bits per heavy atom. The predicted octanol–water partition coefficient (Wildman–Crippen LogP) is 3.39. The summed E-state index contributed by atoms with van der Waals surface area (Å²) in [6.45, 7) is 2.72. The number of hydrogen-bond acceptors (Lipinski definition) is 5. The molecule has 0 aliphatic heterocycles. The number of aryl methyl sites for hydroxylation is 1. The summed E-state index contributed by atoms with van der Waals surface area (Å²) in [6, 6.07) is 12.1. The fraction of sp³-hybridized carbons (Fsp3) is 0.250. The number of carbonyl (C=O) groups excluding carboxylic acids is 3. The van der Waals surface area contributed by atoms with E-state index in [1.165, 1.54) is 21.0 Å². The normalized spacial score (nSPS) is 10.1. The first kappa shape index (κ1) is 19.2. The summed E-state index contributed by atoms with van der Waals surface area (Å²) < 4.78 is 10.3. The van der Waals surface area contributed by atoms with Crippen LogP contribution < -0.4 is 14.8 Å². The fourth-order valence-electron chi connectivity index (χ4n) is 2.50. The lowest BCUT2D eigenvalue weighted by atomic mass is 10.0. The van der Waals surface area contributed by atoms with Crippen molar-refractivity contribution in [1.82, 2.24) is 0 Å². The quantitative estimate of drug-likeness (QED) is 0.468. The number of carbonyl (C=O) groups is 3. The molecule has 1 amide bonds. The summed E-state index contributed by atoms with van der Waals surface area (Å²) in [5.74, 6) is -0.0786. The highest BCUT2D eigenvalue weighted by molar-refractivity contribution is 5.99. The Labute approximate surface area is 152 Å². The molecule has 0 radical (unpaired) electrons. The maximum atomic E-state index is 12.6. The summed E-state index contributed by atoms with van der Waals surface area (Å²) in [6.07, 6.45) is 0.716. The third kappa shape index (κ3) is 5.44. The number of nitrogens with one attached hydrogen (secondary N) is 1. The molecule has 0 atom stereocenters. The van der Waals surface area contributed by atoms with Crippen LogP contribution in [0.4, 0.5) is 5.69 Å². The van der Waals surface area contributed by atoms with Gasteiger partial charge >= 0.3 is 5.97 Å². The number of hydrogen-bond donors (Lipinski definition) is 1. The highest BCUT2D eigenvalue weighted by Crippen LogP contribution is 2.26. The van der Waals surface area contributed by atoms with Gasteiger partial charge in [-0.15, -0.1) is 0 Å². The van der Waals surface area contributed by atoms with Gasteiger partial charge in [-0.3, -0.25) is 14.4 Å². The van der Waals surface area contributed by atoms with E-state index in [-0.39, 0.29) is 23.9 Å². The molecule has 2 rings (SSSR count). The molecule has 0 saturated carbocycles. The van der Waals surface area contributed by atoms with Crippen molar-refractivity contribution in [1.29, 1.82) is 0 Å². The summed E-state index contributed by atoms with van der Waals surface area (Å²) >= 11 is 0. The van der Waals surface area contributed by atoms with Gasteiger partial charge in [-0.2, -0.15) is 0 Å². The highest BCUT2D eigenvalue weighted by Gasteiger charge is 2.16. The van der Waals surface area contributed by atoms with Crippen LogP contribution in [0.25, 0.3) is 0 Å². The van der Waals surface area contributed by atoms with Crippen molar-refractivity contribution < 1.29 is 23.9 Å². The minimum Gasteiger partial charge on any atom is -0.497 e. The van der Waals surface area contributed by atoms with Gasteiger partial charge < -0.3 is 14.8 Å². The van der Waals surface area contributed by atoms with Crippen molar-refractivity contribution in [3.05, 3.63) is 53.6 Å². The molecule has 136 valence electrons. The van der Waals surface area contributed by atoms with Crippen LogP contribution in [0, 0.1) is 0 Å². The van der Waals surface area contributed by atoms with E-state index in [0.717, 1.165) is 5.56 Å². The van der Waals surface area contributed by atoms with E-state index in [0.29, 0.717) is 23.4 Å². The molecule has 0 saturated heterocycles. The number of methoxy groups -OCH3 is 1. The largest absolute Gasteiger partial charge is 0.497 e. The Morgan fingerprint density at radius 2 is 1.81 bits per heavy atom. The van der Waals surface area contributed by atoms with Crippen LogP contribution in [-0.2, 0) is 16.0 Å². The van der Waals surface area contributed by atoms with Crippen LogP contribution in [0.2, 0.25) is 0 Å². The number of esters is 1. The molecule has 26 heavy (non-hydrogen) atoms. The summed E-state index contributed by atoms with van der Waals surface area (Å²) in [5, 5.41) is 2.71. The lowest BCUT2D eigenvalue weighted by molar-refractivity contribution is -0.131. The molecule has 0 spiro atoms. The van der Waals surface area contributed by atoms with Crippen LogP contribution in [0.1, 0.15) is 36.2 Å². The Kier molecular flexibility index (Phi) is 6.49. The standard InChI is InChI=1S/C20H21NO5/c1-13(22)21-16-6-4-5-15(11-16)7-9-19(24)18-12-17(25-3)8-10-20(18)26-14(2)23/h4-6,8,10-12H,7,9H2,1-3H3,(H,21,22). The number of ether oxygens (including phenoxy) is 2. The van der Waals surface area contributed by atoms with Gasteiger partial charge in [-0.05, 0) is 42.3 Å². The minimum absolute atomic E-state index is 0.152. The van der Waals surface area contributed by atoms with Crippen molar-refractivity contribution in [3.63, 3.8) is 0 Å². The third-order valence-electron chi connectivity index (χ3n) is 3.63. The molecule has 0 aromatic heterocycles. The Balaban J connectivity index is 2.14. The molecule has 0 fully saturated rings. The van der Waals surface area contributed by atoms with Crippen molar-refractivity contribution in [2.24, 2.45) is 0 Å². The second kappa shape index (κ2) is 8.80. The lowest BCUT2D eigenvalue weighted by Crippen LogP contribution is -2.09. The van der Waals surface area contributed by atoms with Crippen molar-refractivity contribution >= 4 is 23.3 Å². The first-order valence-corrected chi connectivity index (χ1v) is 8.15. The van der Waals surface area contributed by atoms with Gasteiger partial charge in [-0.25, -0.2) is 0 Å². The number of Topliss-reactive ketones (excluding diaryl/α,β-unsaturated/α-hetero) is 1. The summed E-state index contributed by atoms with van der Waals surface area (Å²) in [7, 11) is 1.50. The minimum atomic E-state index is -0.493. The average Bonchev–Trinajstić information content (AvgIpc) is 2.59. The fourth-order valence-corrected chi connectivity index (χ4v) is 2.50. The molecule has 0 bridgehead atoms. The zero-order valence-corrected chi connectivity index (χ0v) is 15.0. The molecule has 2 aromatic carbocycles. The van der Waals surface area contributed by atoms with E-state index < -0.39 is 5.97 Å². The van der Waals surface area contributed by atoms with Crippen molar-refractivity contribution in [3.8, 4) is 11.5 Å². The van der Waals surface area contributed by atoms with Crippen molar-refractivity contribution in [2.75, 3.05) is 12.4 Å². The zero-order valence-electron chi connectivity index (χ0n) is 15.0. The van der Waals surface area contributed by atoms with Gasteiger partial charge in [0.05, 0.1) is 12.7 Å². The van der Waals surface area contributed by atoms with E-state index in [2.05, 4.69) is 5.32 Å². The Hall–Kier alpha value is -3.15. The average molecular weight is 355 g/mol. The van der Waals surface area contributed by atoms with E-state index in [1.54, 1.807) is 24.3 Å². The topological polar surface area (TPSA) is 81.7 Å². The number of amides is 1. The summed E-state index contributed by atoms with van der Waals surface area (Å²) in [5.41, 5.74) is 1.91. The molecule has 6 heteroatoms. The Bertz CT molecular complexity index is 829. The van der Waals surface area contributed by atoms with Crippen LogP contribution in [0.3, 0.4) is 0 Å². The molecule has 6 nitrogen and oxygen atoms in total. The van der Waals surface area contributed by atoms with E-state index in [9.17, 15) is 14.4 Å². The monoisotopic (exact) mass is 355 g/mol. The Morgan fingerprint density at radius 1 is 1.04 bits per heavy atom. The molecule has 1 N–H and O–H groups in total. The smallest absolute Gasteiger partial charge is 0.308 e. The lowest BCUT2D eigenvalue weighted by Gasteiger charge is -2.10. The zero-order chi connectivity index (χ0) is 19.1. The van der Waals surface area contributed by atoms with Crippen LogP contribution >= 0.6 is 0 Å². The van der Waals surface area contributed by atoms with E-state index >= 15 is 0 Å². The third-order valence-corrected chi connectivity index (χ3v) is 3.63. The van der Waals surface area contributed by atoms with E-state index in [1.807, 2.05) is 18.2 Å². The van der Waals surface area contributed by atoms with Gasteiger partial charge in [0, 0.05) is 26.0 Å². The number of rotatable bonds is 7. The van der Waals surface area contributed by atoms with Gasteiger partial charge in [0.2, 0.25) is 5.91 Å². The summed E-state index contributed by atoms with van der Waals surface area (Å²) in [4.78, 5) is 35.0.